The largest absolute Gasteiger partial charge is 0.317 e. The van der Waals surface area contributed by atoms with E-state index in [1.165, 1.54) is 18.5 Å². The number of aromatic nitrogens is 1. The van der Waals surface area contributed by atoms with Crippen LogP contribution >= 0.6 is 28.3 Å². The molecule has 0 aliphatic carbocycles. The predicted octanol–water partition coefficient (Wildman–Crippen LogP) is 2.73. The summed E-state index contributed by atoms with van der Waals surface area (Å²) in [7, 11) is 0. The van der Waals surface area contributed by atoms with Crippen molar-refractivity contribution in [2.24, 2.45) is 0 Å². The fourth-order valence-corrected chi connectivity index (χ4v) is 1.98. The average molecular weight is 278 g/mol. The number of hydrogen-bond acceptors (Lipinski definition) is 2. The van der Waals surface area contributed by atoms with E-state index >= 15 is 0 Å². The molecule has 1 N–H and O–H groups in total. The fourth-order valence-electron chi connectivity index (χ4n) is 1.75. The first kappa shape index (κ1) is 12.0. The first-order chi connectivity index (χ1) is 6.36. The van der Waals surface area contributed by atoms with Gasteiger partial charge in [0.05, 0.1) is 0 Å². The van der Waals surface area contributed by atoms with Gasteiger partial charge < -0.3 is 5.32 Å². The van der Waals surface area contributed by atoms with Gasteiger partial charge in [0, 0.05) is 22.3 Å². The molecule has 0 unspecified atom stereocenters. The van der Waals surface area contributed by atoms with Gasteiger partial charge in [-0.3, -0.25) is 4.98 Å². The molecule has 0 saturated carbocycles. The van der Waals surface area contributed by atoms with E-state index in [9.17, 15) is 0 Å². The Kier molecular flexibility index (Phi) is 4.85. The molecular weight excluding hydrogens is 263 g/mol. The highest BCUT2D eigenvalue weighted by Gasteiger charge is 2.15. The van der Waals surface area contributed by atoms with Crippen LogP contribution < -0.4 is 5.32 Å². The van der Waals surface area contributed by atoms with Gasteiger partial charge in [-0.05, 0) is 54.0 Å². The monoisotopic (exact) mass is 276 g/mol. The summed E-state index contributed by atoms with van der Waals surface area (Å²) >= 11 is 3.39. The SMILES string of the molecule is Brc1ccc(C2CCNCC2)nc1.Cl. The molecular formula is C10H14BrClN2. The van der Waals surface area contributed by atoms with Crippen molar-refractivity contribution in [3.63, 3.8) is 0 Å². The lowest BCUT2D eigenvalue weighted by Crippen LogP contribution is -2.26. The Morgan fingerprint density at radius 2 is 2.00 bits per heavy atom. The minimum Gasteiger partial charge on any atom is -0.317 e. The molecule has 0 aromatic carbocycles. The number of pyridine rings is 1. The van der Waals surface area contributed by atoms with E-state index in [-0.39, 0.29) is 12.4 Å². The first-order valence-corrected chi connectivity index (χ1v) is 5.48. The number of nitrogens with one attached hydrogen (secondary N) is 1. The number of hydrogen-bond donors (Lipinski definition) is 1. The van der Waals surface area contributed by atoms with E-state index < -0.39 is 0 Å². The van der Waals surface area contributed by atoms with Crippen molar-refractivity contribution >= 4 is 28.3 Å². The molecule has 4 heteroatoms. The van der Waals surface area contributed by atoms with Crippen LogP contribution in [-0.4, -0.2) is 18.1 Å². The van der Waals surface area contributed by atoms with Crippen molar-refractivity contribution in [1.29, 1.82) is 0 Å². The summed E-state index contributed by atoms with van der Waals surface area (Å²) in [5.74, 6) is 0.661. The summed E-state index contributed by atoms with van der Waals surface area (Å²) in [4.78, 5) is 4.43. The number of rotatable bonds is 1. The van der Waals surface area contributed by atoms with E-state index in [0.29, 0.717) is 5.92 Å². The quantitative estimate of drug-likeness (QED) is 0.854. The van der Waals surface area contributed by atoms with Crippen LogP contribution in [0.15, 0.2) is 22.8 Å². The topological polar surface area (TPSA) is 24.9 Å². The zero-order valence-corrected chi connectivity index (χ0v) is 10.3. The van der Waals surface area contributed by atoms with Crippen LogP contribution in [0.4, 0.5) is 0 Å². The summed E-state index contributed by atoms with van der Waals surface area (Å²) in [5.41, 5.74) is 1.24. The van der Waals surface area contributed by atoms with Crippen molar-refractivity contribution in [2.45, 2.75) is 18.8 Å². The zero-order chi connectivity index (χ0) is 9.10. The normalized spacial score (nSPS) is 17.5. The maximum atomic E-state index is 4.43. The van der Waals surface area contributed by atoms with Gasteiger partial charge in [-0.25, -0.2) is 0 Å². The van der Waals surface area contributed by atoms with Gasteiger partial charge in [0.15, 0.2) is 0 Å². The summed E-state index contributed by atoms with van der Waals surface area (Å²) in [6.07, 6.45) is 4.32. The predicted molar refractivity (Wildman–Crippen MR) is 64.0 cm³/mol. The van der Waals surface area contributed by atoms with Crippen LogP contribution in [0.1, 0.15) is 24.5 Å². The summed E-state index contributed by atoms with van der Waals surface area (Å²) in [5, 5.41) is 3.36. The molecule has 1 fully saturated rings. The molecule has 14 heavy (non-hydrogen) atoms. The average Bonchev–Trinajstić information content (AvgIpc) is 2.20. The summed E-state index contributed by atoms with van der Waals surface area (Å²) in [6.45, 7) is 2.25. The molecule has 0 bridgehead atoms. The number of nitrogens with zero attached hydrogens (tertiary/aromatic N) is 1. The lowest BCUT2D eigenvalue weighted by atomic mass is 9.94. The van der Waals surface area contributed by atoms with Crippen molar-refractivity contribution in [3.05, 3.63) is 28.5 Å². The molecule has 78 valence electrons. The highest BCUT2D eigenvalue weighted by molar-refractivity contribution is 9.10. The van der Waals surface area contributed by atoms with Crippen molar-refractivity contribution < 1.29 is 0 Å². The zero-order valence-electron chi connectivity index (χ0n) is 7.87. The van der Waals surface area contributed by atoms with Crippen LogP contribution in [0.25, 0.3) is 0 Å². The number of piperidine rings is 1. The molecule has 0 radical (unpaired) electrons. The molecule has 1 aromatic heterocycles. The van der Waals surface area contributed by atoms with Gasteiger partial charge in [0.2, 0.25) is 0 Å². The molecule has 1 aromatic rings. The Morgan fingerprint density at radius 3 is 2.57 bits per heavy atom. The van der Waals surface area contributed by atoms with Crippen molar-refractivity contribution in [2.75, 3.05) is 13.1 Å². The van der Waals surface area contributed by atoms with Crippen LogP contribution in [0.2, 0.25) is 0 Å². The van der Waals surface area contributed by atoms with E-state index in [4.69, 9.17) is 0 Å². The summed E-state index contributed by atoms with van der Waals surface area (Å²) in [6, 6.07) is 4.20. The van der Waals surface area contributed by atoms with Gasteiger partial charge in [-0.1, -0.05) is 0 Å². The molecule has 0 atom stereocenters. The highest BCUT2D eigenvalue weighted by Crippen LogP contribution is 2.23. The van der Waals surface area contributed by atoms with Gasteiger partial charge in [0.1, 0.15) is 0 Å². The summed E-state index contributed by atoms with van der Waals surface area (Å²) < 4.78 is 1.06. The lowest BCUT2D eigenvalue weighted by molar-refractivity contribution is 0.453. The third kappa shape index (κ3) is 2.94. The molecule has 1 saturated heterocycles. The van der Waals surface area contributed by atoms with E-state index in [0.717, 1.165) is 17.6 Å². The van der Waals surface area contributed by atoms with Gasteiger partial charge in [-0.15, -0.1) is 12.4 Å². The third-order valence-electron chi connectivity index (χ3n) is 2.51. The molecule has 0 amide bonds. The van der Waals surface area contributed by atoms with E-state index in [1.807, 2.05) is 6.20 Å². The highest BCUT2D eigenvalue weighted by atomic mass is 79.9. The molecule has 0 spiro atoms. The Morgan fingerprint density at radius 1 is 1.29 bits per heavy atom. The minimum absolute atomic E-state index is 0. The van der Waals surface area contributed by atoms with Crippen LogP contribution in [0.5, 0.6) is 0 Å². The van der Waals surface area contributed by atoms with Crippen LogP contribution in [0.3, 0.4) is 0 Å². The molecule has 2 heterocycles. The van der Waals surface area contributed by atoms with Gasteiger partial charge >= 0.3 is 0 Å². The second kappa shape index (κ2) is 5.69. The van der Waals surface area contributed by atoms with Crippen molar-refractivity contribution in [3.8, 4) is 0 Å². The first-order valence-electron chi connectivity index (χ1n) is 4.68. The Hall–Kier alpha value is -0.120. The van der Waals surface area contributed by atoms with Gasteiger partial charge in [0.25, 0.3) is 0 Å². The lowest BCUT2D eigenvalue weighted by Gasteiger charge is -2.21. The molecule has 2 rings (SSSR count). The Balaban J connectivity index is 0.000000980. The standard InChI is InChI=1S/C10H13BrN2.ClH/c11-9-1-2-10(13-7-9)8-3-5-12-6-4-8;/h1-2,7-8,12H,3-6H2;1H. The third-order valence-corrected chi connectivity index (χ3v) is 2.98. The maximum Gasteiger partial charge on any atom is 0.0436 e. The van der Waals surface area contributed by atoms with Crippen molar-refractivity contribution in [1.82, 2.24) is 10.3 Å². The van der Waals surface area contributed by atoms with Crippen LogP contribution in [-0.2, 0) is 0 Å². The minimum atomic E-state index is 0. The Bertz CT molecular complexity index is 270. The molecule has 2 nitrogen and oxygen atoms in total. The molecule has 1 aliphatic rings. The van der Waals surface area contributed by atoms with Crippen LogP contribution in [0, 0.1) is 0 Å². The number of halogens is 2. The maximum absolute atomic E-state index is 4.43. The van der Waals surface area contributed by atoms with Gasteiger partial charge in [-0.2, -0.15) is 0 Å². The molecule has 1 aliphatic heterocycles. The smallest absolute Gasteiger partial charge is 0.0436 e. The Labute approximate surface area is 99.0 Å². The fraction of sp³-hybridized carbons (Fsp3) is 0.500. The second-order valence-electron chi connectivity index (χ2n) is 3.43. The second-order valence-corrected chi connectivity index (χ2v) is 4.34. The van der Waals surface area contributed by atoms with E-state index in [2.05, 4.69) is 38.4 Å². The van der Waals surface area contributed by atoms with E-state index in [1.54, 1.807) is 0 Å².